The third-order valence-corrected chi connectivity index (χ3v) is 6.41. The predicted molar refractivity (Wildman–Crippen MR) is 114 cm³/mol. The highest BCUT2D eigenvalue weighted by Crippen LogP contribution is 2.23. The minimum absolute atomic E-state index is 0.293. The zero-order chi connectivity index (χ0) is 19.4. The van der Waals surface area contributed by atoms with Gasteiger partial charge in [-0.05, 0) is 56.2 Å². The fourth-order valence-corrected chi connectivity index (χ4v) is 4.62. The molecule has 148 valence electrons. The molecule has 3 rings (SSSR count). The summed E-state index contributed by atoms with van der Waals surface area (Å²) in [5.74, 6) is 0.870. The van der Waals surface area contributed by atoms with Crippen LogP contribution in [0, 0.1) is 13.8 Å². The van der Waals surface area contributed by atoms with Gasteiger partial charge in [-0.25, -0.2) is 0 Å². The number of guanidine groups is 1. The number of hydrogen-bond acceptors (Lipinski definition) is 4. The molecule has 2 N–H and O–H groups in total. The Kier molecular flexibility index (Phi) is 6.55. The number of nitrogens with one attached hydrogen (secondary N) is 2. The molecule has 7 heteroatoms. The van der Waals surface area contributed by atoms with Crippen molar-refractivity contribution in [2.45, 2.75) is 46.2 Å². The Bertz CT molecular complexity index is 790. The first-order valence-corrected chi connectivity index (χ1v) is 10.6. The summed E-state index contributed by atoms with van der Waals surface area (Å²) >= 11 is 1.89. The second kappa shape index (κ2) is 8.89. The average molecular weight is 389 g/mol. The monoisotopic (exact) mass is 388 g/mol. The summed E-state index contributed by atoms with van der Waals surface area (Å²) in [5, 5.41) is 13.7. The first kappa shape index (κ1) is 19.9. The van der Waals surface area contributed by atoms with Crippen molar-refractivity contribution in [1.29, 1.82) is 0 Å². The molecule has 6 nitrogen and oxygen atoms in total. The number of aryl methyl sites for hydroxylation is 2. The Morgan fingerprint density at radius 3 is 2.93 bits per heavy atom. The van der Waals surface area contributed by atoms with Crippen LogP contribution in [-0.2, 0) is 26.4 Å². The molecule has 0 spiro atoms. The molecule has 0 fully saturated rings. The maximum Gasteiger partial charge on any atom is 0.191 e. The van der Waals surface area contributed by atoms with Gasteiger partial charge in [0.05, 0.1) is 5.69 Å². The van der Waals surface area contributed by atoms with Crippen LogP contribution in [0.4, 0.5) is 0 Å². The number of hydrogen-bond donors (Lipinski definition) is 2. The minimum Gasteiger partial charge on any atom is -0.355 e. The molecule has 2 aromatic rings. The zero-order valence-corrected chi connectivity index (χ0v) is 18.0. The third kappa shape index (κ3) is 4.90. The van der Waals surface area contributed by atoms with E-state index in [1.807, 2.05) is 30.1 Å². The fourth-order valence-electron chi connectivity index (χ4n) is 3.73. The van der Waals surface area contributed by atoms with E-state index in [1.165, 1.54) is 23.2 Å². The molecule has 0 aliphatic carbocycles. The van der Waals surface area contributed by atoms with Crippen LogP contribution >= 0.6 is 11.3 Å². The second-order valence-electron chi connectivity index (χ2n) is 7.42. The van der Waals surface area contributed by atoms with Crippen molar-refractivity contribution in [2.24, 2.45) is 12.0 Å². The first-order valence-electron chi connectivity index (χ1n) is 9.71. The van der Waals surface area contributed by atoms with E-state index >= 15 is 0 Å². The Labute approximate surface area is 166 Å². The molecule has 1 aliphatic rings. The molecule has 0 aromatic carbocycles. The largest absolute Gasteiger partial charge is 0.355 e. The van der Waals surface area contributed by atoms with Gasteiger partial charge in [-0.2, -0.15) is 5.10 Å². The van der Waals surface area contributed by atoms with Crippen LogP contribution in [-0.4, -0.2) is 53.4 Å². The molecule has 3 heterocycles. The standard InChI is InChI=1S/C20H32N6S/c1-14(12-18-15(2)24-25(5)16(18)3)23-20(21-4)22-8-10-26-9-6-19-17(13-26)7-11-27-19/h7,11,14H,6,8-10,12-13H2,1-5H3,(H2,21,22,23). The predicted octanol–water partition coefficient (Wildman–Crippen LogP) is 2.25. The molecule has 0 bridgehead atoms. The van der Waals surface area contributed by atoms with Gasteiger partial charge in [0.15, 0.2) is 5.96 Å². The second-order valence-corrected chi connectivity index (χ2v) is 8.42. The van der Waals surface area contributed by atoms with E-state index in [1.54, 1.807) is 4.88 Å². The summed E-state index contributed by atoms with van der Waals surface area (Å²) in [6.07, 6.45) is 2.13. The van der Waals surface area contributed by atoms with E-state index in [2.05, 4.69) is 57.8 Å². The molecule has 27 heavy (non-hydrogen) atoms. The van der Waals surface area contributed by atoms with E-state index in [-0.39, 0.29) is 0 Å². The van der Waals surface area contributed by atoms with Crippen molar-refractivity contribution in [3.63, 3.8) is 0 Å². The van der Waals surface area contributed by atoms with Crippen molar-refractivity contribution in [3.8, 4) is 0 Å². The molecule has 0 saturated heterocycles. The van der Waals surface area contributed by atoms with Crippen LogP contribution in [0.5, 0.6) is 0 Å². The lowest BCUT2D eigenvalue weighted by Crippen LogP contribution is -2.46. The highest BCUT2D eigenvalue weighted by molar-refractivity contribution is 7.10. The summed E-state index contributed by atoms with van der Waals surface area (Å²) in [7, 11) is 3.84. The summed E-state index contributed by atoms with van der Waals surface area (Å²) in [6, 6.07) is 2.56. The molecule has 0 amide bonds. The topological polar surface area (TPSA) is 57.5 Å². The van der Waals surface area contributed by atoms with Crippen LogP contribution < -0.4 is 10.6 Å². The molecule has 2 aromatic heterocycles. The lowest BCUT2D eigenvalue weighted by Gasteiger charge is -2.27. The van der Waals surface area contributed by atoms with Gasteiger partial charge >= 0.3 is 0 Å². The van der Waals surface area contributed by atoms with Crippen LogP contribution in [0.2, 0.25) is 0 Å². The first-order chi connectivity index (χ1) is 13.0. The van der Waals surface area contributed by atoms with E-state index in [9.17, 15) is 0 Å². The Balaban J connectivity index is 1.44. The molecule has 1 atom stereocenters. The lowest BCUT2D eigenvalue weighted by molar-refractivity contribution is 0.260. The Hall–Kier alpha value is -1.86. The molecule has 1 aliphatic heterocycles. The Morgan fingerprint density at radius 2 is 2.22 bits per heavy atom. The van der Waals surface area contributed by atoms with E-state index in [0.717, 1.165) is 44.3 Å². The van der Waals surface area contributed by atoms with Crippen LogP contribution in [0.15, 0.2) is 16.4 Å². The van der Waals surface area contributed by atoms with Gasteiger partial charge in [0.25, 0.3) is 0 Å². The number of aliphatic imine (C=N–C) groups is 1. The van der Waals surface area contributed by atoms with Gasteiger partial charge in [0.2, 0.25) is 0 Å². The lowest BCUT2D eigenvalue weighted by atomic mass is 10.1. The van der Waals surface area contributed by atoms with Crippen LogP contribution in [0.25, 0.3) is 0 Å². The van der Waals surface area contributed by atoms with E-state index in [4.69, 9.17) is 0 Å². The summed E-state index contributed by atoms with van der Waals surface area (Å²) in [5.41, 5.74) is 5.18. The highest BCUT2D eigenvalue weighted by Gasteiger charge is 2.17. The van der Waals surface area contributed by atoms with Crippen LogP contribution in [0.3, 0.4) is 0 Å². The zero-order valence-electron chi connectivity index (χ0n) is 17.2. The van der Waals surface area contributed by atoms with Crippen molar-refractivity contribution >= 4 is 17.3 Å². The van der Waals surface area contributed by atoms with E-state index < -0.39 is 0 Å². The number of rotatable bonds is 6. The van der Waals surface area contributed by atoms with Gasteiger partial charge in [-0.3, -0.25) is 14.6 Å². The molecular formula is C20H32N6S. The quantitative estimate of drug-likeness (QED) is 0.589. The Morgan fingerprint density at radius 1 is 1.41 bits per heavy atom. The third-order valence-electron chi connectivity index (χ3n) is 5.38. The number of fused-ring (bicyclic) bond motifs is 1. The molecule has 0 radical (unpaired) electrons. The fraction of sp³-hybridized carbons (Fsp3) is 0.600. The molecule has 1 unspecified atom stereocenters. The van der Waals surface area contributed by atoms with Gasteiger partial charge in [-0.15, -0.1) is 11.3 Å². The maximum absolute atomic E-state index is 4.51. The van der Waals surface area contributed by atoms with Crippen molar-refractivity contribution in [3.05, 3.63) is 38.8 Å². The molecular weight excluding hydrogens is 356 g/mol. The van der Waals surface area contributed by atoms with Crippen molar-refractivity contribution in [2.75, 3.05) is 26.7 Å². The summed E-state index contributed by atoms with van der Waals surface area (Å²) < 4.78 is 1.96. The SMILES string of the molecule is CN=C(NCCN1CCc2sccc2C1)NC(C)Cc1c(C)nn(C)c1C. The van der Waals surface area contributed by atoms with Gasteiger partial charge in [-0.1, -0.05) is 0 Å². The van der Waals surface area contributed by atoms with Crippen LogP contribution in [0.1, 0.15) is 34.3 Å². The normalized spacial score (nSPS) is 16.3. The van der Waals surface area contributed by atoms with E-state index in [0.29, 0.717) is 6.04 Å². The van der Waals surface area contributed by atoms with Gasteiger partial charge in [0, 0.05) is 56.9 Å². The molecule has 0 saturated carbocycles. The summed E-state index contributed by atoms with van der Waals surface area (Å²) in [6.45, 7) is 10.6. The maximum atomic E-state index is 4.51. The van der Waals surface area contributed by atoms with Crippen molar-refractivity contribution in [1.82, 2.24) is 25.3 Å². The highest BCUT2D eigenvalue weighted by atomic mass is 32.1. The smallest absolute Gasteiger partial charge is 0.191 e. The van der Waals surface area contributed by atoms with Crippen molar-refractivity contribution < 1.29 is 0 Å². The number of aromatic nitrogens is 2. The van der Waals surface area contributed by atoms with Gasteiger partial charge in [0.1, 0.15) is 0 Å². The minimum atomic E-state index is 0.293. The summed E-state index contributed by atoms with van der Waals surface area (Å²) in [4.78, 5) is 8.46. The average Bonchev–Trinajstić information content (AvgIpc) is 3.20. The van der Waals surface area contributed by atoms with Gasteiger partial charge < -0.3 is 10.6 Å². The number of nitrogens with zero attached hydrogens (tertiary/aromatic N) is 4. The number of thiophene rings is 1.